The lowest BCUT2D eigenvalue weighted by Crippen LogP contribution is -2.36. The van der Waals surface area contributed by atoms with Crippen LogP contribution in [0.25, 0.3) is 0 Å². The molecule has 4 nitrogen and oxygen atoms in total. The molecule has 1 aliphatic rings. The van der Waals surface area contributed by atoms with Crippen LogP contribution in [0.3, 0.4) is 0 Å². The molecule has 0 radical (unpaired) electrons. The molecule has 2 N–H and O–H groups in total. The molecule has 4 heteroatoms. The van der Waals surface area contributed by atoms with Crippen molar-refractivity contribution in [2.75, 3.05) is 18.6 Å². The number of rotatable bonds is 2. The zero-order chi connectivity index (χ0) is 10.8. The minimum absolute atomic E-state index is 0.154. The van der Waals surface area contributed by atoms with Crippen LogP contribution in [0.15, 0.2) is 24.3 Å². The average molecular weight is 205 g/mol. The van der Waals surface area contributed by atoms with Gasteiger partial charge in [0.15, 0.2) is 0 Å². The van der Waals surface area contributed by atoms with Crippen LogP contribution in [-0.2, 0) is 11.3 Å². The molecule has 0 aromatic heterocycles. The highest BCUT2D eigenvalue weighted by Gasteiger charge is 2.26. The number of hydrazine groups is 1. The van der Waals surface area contributed by atoms with Gasteiger partial charge in [-0.25, -0.2) is 0 Å². The first-order valence-electron chi connectivity index (χ1n) is 5.06. The summed E-state index contributed by atoms with van der Waals surface area (Å²) in [6.07, 6.45) is 0.579. The van der Waals surface area contributed by atoms with Gasteiger partial charge in [0.25, 0.3) is 0 Å². The van der Waals surface area contributed by atoms with Crippen LogP contribution in [0.4, 0.5) is 5.69 Å². The molecule has 1 saturated heterocycles. The molecule has 0 atom stereocenters. The number of hydrogen-bond donors (Lipinski definition) is 1. The van der Waals surface area contributed by atoms with Crippen molar-refractivity contribution in [2.45, 2.75) is 13.0 Å². The van der Waals surface area contributed by atoms with E-state index in [-0.39, 0.29) is 5.91 Å². The summed E-state index contributed by atoms with van der Waals surface area (Å²) in [5.74, 6) is 0.154. The third-order valence-corrected chi connectivity index (χ3v) is 2.75. The first kappa shape index (κ1) is 9.98. The second kappa shape index (κ2) is 3.90. The maximum atomic E-state index is 11.4. The van der Waals surface area contributed by atoms with Crippen molar-refractivity contribution in [1.29, 1.82) is 0 Å². The summed E-state index contributed by atoms with van der Waals surface area (Å²) >= 11 is 0. The fourth-order valence-corrected chi connectivity index (χ4v) is 1.87. The van der Waals surface area contributed by atoms with Gasteiger partial charge < -0.3 is 5.73 Å². The van der Waals surface area contributed by atoms with Gasteiger partial charge in [0, 0.05) is 26.6 Å². The normalized spacial score (nSPS) is 16.3. The van der Waals surface area contributed by atoms with Gasteiger partial charge in [0.1, 0.15) is 0 Å². The summed E-state index contributed by atoms with van der Waals surface area (Å²) in [5.41, 5.74) is 7.77. The van der Waals surface area contributed by atoms with Gasteiger partial charge in [-0.05, 0) is 11.6 Å². The van der Waals surface area contributed by atoms with Gasteiger partial charge >= 0.3 is 0 Å². The SMILES string of the molecule is CN1C(=O)CCN1c1ccccc1CN. The molecule has 2 rings (SSSR count). The molecule has 1 fully saturated rings. The Bertz CT molecular complexity index is 378. The van der Waals surface area contributed by atoms with E-state index in [1.54, 1.807) is 12.1 Å². The zero-order valence-corrected chi connectivity index (χ0v) is 8.81. The third-order valence-electron chi connectivity index (χ3n) is 2.75. The molecular weight excluding hydrogens is 190 g/mol. The minimum atomic E-state index is 0.154. The Morgan fingerprint density at radius 3 is 2.73 bits per heavy atom. The fourth-order valence-electron chi connectivity index (χ4n) is 1.87. The highest BCUT2D eigenvalue weighted by Crippen LogP contribution is 2.24. The molecule has 1 amide bonds. The molecule has 15 heavy (non-hydrogen) atoms. The van der Waals surface area contributed by atoms with Crippen molar-refractivity contribution in [2.24, 2.45) is 5.73 Å². The maximum Gasteiger partial charge on any atom is 0.242 e. The Hall–Kier alpha value is -1.55. The van der Waals surface area contributed by atoms with Crippen LogP contribution in [0.1, 0.15) is 12.0 Å². The van der Waals surface area contributed by atoms with E-state index >= 15 is 0 Å². The Morgan fingerprint density at radius 1 is 1.40 bits per heavy atom. The fraction of sp³-hybridized carbons (Fsp3) is 0.364. The lowest BCUT2D eigenvalue weighted by atomic mass is 10.2. The van der Waals surface area contributed by atoms with Gasteiger partial charge in [-0.2, -0.15) is 0 Å². The Kier molecular flexibility index (Phi) is 2.60. The van der Waals surface area contributed by atoms with Crippen LogP contribution >= 0.6 is 0 Å². The summed E-state index contributed by atoms with van der Waals surface area (Å²) in [4.78, 5) is 11.4. The molecular formula is C11H15N3O. The largest absolute Gasteiger partial charge is 0.326 e. The van der Waals surface area contributed by atoms with Crippen LogP contribution in [-0.4, -0.2) is 24.5 Å². The zero-order valence-electron chi connectivity index (χ0n) is 8.81. The smallest absolute Gasteiger partial charge is 0.242 e. The van der Waals surface area contributed by atoms with Gasteiger partial charge in [0.05, 0.1) is 5.69 Å². The Labute approximate surface area is 89.2 Å². The monoisotopic (exact) mass is 205 g/mol. The number of nitrogens with two attached hydrogens (primary N) is 1. The number of hydrogen-bond acceptors (Lipinski definition) is 3. The number of carbonyl (C=O) groups excluding carboxylic acids is 1. The van der Waals surface area contributed by atoms with E-state index in [1.807, 2.05) is 29.3 Å². The second-order valence-corrected chi connectivity index (χ2v) is 3.62. The maximum absolute atomic E-state index is 11.4. The Balaban J connectivity index is 2.33. The second-order valence-electron chi connectivity index (χ2n) is 3.62. The van der Waals surface area contributed by atoms with Crippen molar-refractivity contribution in [3.63, 3.8) is 0 Å². The number of benzene rings is 1. The highest BCUT2D eigenvalue weighted by atomic mass is 16.2. The van der Waals surface area contributed by atoms with Gasteiger partial charge in [0.2, 0.25) is 5.91 Å². The van der Waals surface area contributed by atoms with E-state index in [0.717, 1.165) is 17.8 Å². The first-order chi connectivity index (χ1) is 7.24. The van der Waals surface area contributed by atoms with Crippen molar-refractivity contribution in [3.8, 4) is 0 Å². The number of carbonyl (C=O) groups is 1. The van der Waals surface area contributed by atoms with E-state index in [4.69, 9.17) is 5.73 Å². The molecule has 0 bridgehead atoms. The number of para-hydroxylation sites is 1. The third kappa shape index (κ3) is 1.68. The number of nitrogens with zero attached hydrogens (tertiary/aromatic N) is 2. The van der Waals surface area contributed by atoms with E-state index in [1.165, 1.54) is 0 Å². The average Bonchev–Trinajstić information content (AvgIpc) is 2.60. The Morgan fingerprint density at radius 2 is 2.13 bits per heavy atom. The predicted molar refractivity (Wildman–Crippen MR) is 59.1 cm³/mol. The molecule has 1 heterocycles. The first-order valence-corrected chi connectivity index (χ1v) is 5.06. The van der Waals surface area contributed by atoms with Crippen LogP contribution in [0.5, 0.6) is 0 Å². The van der Waals surface area contributed by atoms with Crippen molar-refractivity contribution >= 4 is 11.6 Å². The van der Waals surface area contributed by atoms with Gasteiger partial charge in [-0.15, -0.1) is 0 Å². The van der Waals surface area contributed by atoms with E-state index in [9.17, 15) is 4.79 Å². The summed E-state index contributed by atoms with van der Waals surface area (Å²) < 4.78 is 0. The summed E-state index contributed by atoms with van der Waals surface area (Å²) in [6.45, 7) is 1.24. The predicted octanol–water partition coefficient (Wildman–Crippen LogP) is 0.729. The molecule has 1 aromatic carbocycles. The molecule has 1 aliphatic heterocycles. The molecule has 0 spiro atoms. The van der Waals surface area contributed by atoms with Gasteiger partial charge in [-0.3, -0.25) is 14.8 Å². The number of amides is 1. The van der Waals surface area contributed by atoms with E-state index in [0.29, 0.717) is 13.0 Å². The van der Waals surface area contributed by atoms with E-state index < -0.39 is 0 Å². The summed E-state index contributed by atoms with van der Waals surface area (Å²) in [6, 6.07) is 7.91. The van der Waals surface area contributed by atoms with Crippen molar-refractivity contribution < 1.29 is 4.79 Å². The molecule has 0 saturated carbocycles. The molecule has 80 valence electrons. The quantitative estimate of drug-likeness (QED) is 0.774. The molecule has 0 unspecified atom stereocenters. The van der Waals surface area contributed by atoms with Crippen molar-refractivity contribution in [3.05, 3.63) is 29.8 Å². The summed E-state index contributed by atoms with van der Waals surface area (Å²) in [7, 11) is 1.79. The standard InChI is InChI=1S/C11H15N3O/c1-13-11(15)6-7-14(13)10-5-3-2-4-9(10)8-12/h2-5H,6-8,12H2,1H3. The summed E-state index contributed by atoms with van der Waals surface area (Å²) in [5, 5.41) is 3.64. The number of anilines is 1. The van der Waals surface area contributed by atoms with Crippen LogP contribution < -0.4 is 10.7 Å². The van der Waals surface area contributed by atoms with Crippen LogP contribution in [0.2, 0.25) is 0 Å². The lowest BCUT2D eigenvalue weighted by Gasteiger charge is -2.27. The molecule has 1 aromatic rings. The minimum Gasteiger partial charge on any atom is -0.326 e. The lowest BCUT2D eigenvalue weighted by molar-refractivity contribution is -0.126. The van der Waals surface area contributed by atoms with Crippen molar-refractivity contribution in [1.82, 2.24) is 5.01 Å². The topological polar surface area (TPSA) is 49.6 Å². The molecule has 0 aliphatic carbocycles. The van der Waals surface area contributed by atoms with Gasteiger partial charge in [-0.1, -0.05) is 18.2 Å². The van der Waals surface area contributed by atoms with E-state index in [2.05, 4.69) is 0 Å². The van der Waals surface area contributed by atoms with Crippen LogP contribution in [0, 0.1) is 0 Å². The highest BCUT2D eigenvalue weighted by molar-refractivity contribution is 5.81.